The molecule has 0 spiro atoms. The maximum Gasteiger partial charge on any atom is 0.0955 e. The van der Waals surface area contributed by atoms with Gasteiger partial charge >= 0.3 is 0 Å². The monoisotopic (exact) mass is 264 g/mol. The van der Waals surface area contributed by atoms with E-state index in [9.17, 15) is 0 Å². The first kappa shape index (κ1) is 13.5. The topological polar surface area (TPSA) is 34.1 Å². The molecule has 2 aromatic rings. The first-order valence-electron chi connectivity index (χ1n) is 6.32. The molecule has 98 valence electrons. The lowest BCUT2D eigenvalue weighted by atomic mass is 10.2. The lowest BCUT2D eigenvalue weighted by Crippen LogP contribution is -2.33. The van der Waals surface area contributed by atoms with Crippen molar-refractivity contribution < 1.29 is 4.74 Å². The highest BCUT2D eigenvalue weighted by molar-refractivity contribution is 7.18. The number of fused-ring (bicyclic) bond motifs is 1. The molecule has 3 nitrogen and oxygen atoms in total. The SMILES string of the molecule is CNC(COC(C)C)Cc1nc2ccccc2s1. The number of para-hydroxylation sites is 1. The Bertz CT molecular complexity index is 462. The molecule has 2 rings (SSSR count). The Hall–Kier alpha value is -0.970. The quantitative estimate of drug-likeness (QED) is 0.871. The van der Waals surface area contributed by atoms with Gasteiger partial charge in [-0.3, -0.25) is 0 Å². The highest BCUT2D eigenvalue weighted by Gasteiger charge is 2.12. The van der Waals surface area contributed by atoms with Crippen LogP contribution >= 0.6 is 11.3 Å². The fourth-order valence-electron chi connectivity index (χ4n) is 1.77. The molecular formula is C14H20N2OS. The average molecular weight is 264 g/mol. The molecule has 0 saturated carbocycles. The maximum absolute atomic E-state index is 5.66. The second-order valence-corrected chi connectivity index (χ2v) is 5.76. The zero-order valence-corrected chi connectivity index (χ0v) is 12.0. The summed E-state index contributed by atoms with van der Waals surface area (Å²) < 4.78 is 6.91. The van der Waals surface area contributed by atoms with Gasteiger partial charge in [-0.05, 0) is 33.0 Å². The van der Waals surface area contributed by atoms with E-state index in [1.807, 2.05) is 13.1 Å². The molecule has 1 unspecified atom stereocenters. The van der Waals surface area contributed by atoms with Gasteiger partial charge in [0.15, 0.2) is 0 Å². The summed E-state index contributed by atoms with van der Waals surface area (Å²) in [6.45, 7) is 4.85. The van der Waals surface area contributed by atoms with Gasteiger partial charge in [0, 0.05) is 12.5 Å². The van der Waals surface area contributed by atoms with E-state index in [-0.39, 0.29) is 6.10 Å². The molecule has 0 aliphatic carbocycles. The number of thiazole rings is 1. The number of nitrogens with one attached hydrogen (secondary N) is 1. The summed E-state index contributed by atoms with van der Waals surface area (Å²) >= 11 is 1.77. The van der Waals surface area contributed by atoms with Crippen LogP contribution in [-0.2, 0) is 11.2 Å². The lowest BCUT2D eigenvalue weighted by Gasteiger charge is -2.16. The number of likely N-dealkylation sites (N-methyl/N-ethyl adjacent to an activating group) is 1. The van der Waals surface area contributed by atoms with E-state index in [1.54, 1.807) is 11.3 Å². The Morgan fingerprint density at radius 2 is 2.11 bits per heavy atom. The first-order chi connectivity index (χ1) is 8.69. The predicted octanol–water partition coefficient (Wildman–Crippen LogP) is 2.85. The van der Waals surface area contributed by atoms with Crippen LogP contribution in [-0.4, -0.2) is 30.8 Å². The van der Waals surface area contributed by atoms with Crippen molar-refractivity contribution in [2.24, 2.45) is 0 Å². The van der Waals surface area contributed by atoms with E-state index >= 15 is 0 Å². The largest absolute Gasteiger partial charge is 0.377 e. The number of rotatable bonds is 6. The summed E-state index contributed by atoms with van der Waals surface area (Å²) in [6.07, 6.45) is 1.19. The molecule has 0 amide bonds. The average Bonchev–Trinajstić information content (AvgIpc) is 2.76. The van der Waals surface area contributed by atoms with Gasteiger partial charge in [-0.1, -0.05) is 12.1 Å². The minimum atomic E-state index is 0.274. The third-order valence-corrected chi connectivity index (χ3v) is 3.86. The van der Waals surface area contributed by atoms with Crippen LogP contribution in [0.2, 0.25) is 0 Å². The molecule has 18 heavy (non-hydrogen) atoms. The van der Waals surface area contributed by atoms with Gasteiger partial charge in [0.2, 0.25) is 0 Å². The smallest absolute Gasteiger partial charge is 0.0955 e. The summed E-state index contributed by atoms with van der Waals surface area (Å²) in [7, 11) is 1.97. The highest BCUT2D eigenvalue weighted by atomic mass is 32.1. The number of nitrogens with zero attached hydrogens (tertiary/aromatic N) is 1. The van der Waals surface area contributed by atoms with Crippen LogP contribution < -0.4 is 5.32 Å². The van der Waals surface area contributed by atoms with Gasteiger partial charge in [-0.15, -0.1) is 11.3 Å². The van der Waals surface area contributed by atoms with Crippen LogP contribution in [0.4, 0.5) is 0 Å². The molecular weight excluding hydrogens is 244 g/mol. The highest BCUT2D eigenvalue weighted by Crippen LogP contribution is 2.22. The summed E-state index contributed by atoms with van der Waals surface area (Å²) in [5.74, 6) is 0. The maximum atomic E-state index is 5.66. The van der Waals surface area contributed by atoms with Crippen molar-refractivity contribution in [1.82, 2.24) is 10.3 Å². The van der Waals surface area contributed by atoms with Crippen molar-refractivity contribution in [1.29, 1.82) is 0 Å². The first-order valence-corrected chi connectivity index (χ1v) is 7.14. The van der Waals surface area contributed by atoms with E-state index in [2.05, 4.69) is 42.3 Å². The van der Waals surface area contributed by atoms with Gasteiger partial charge in [0.25, 0.3) is 0 Å². The summed E-state index contributed by atoms with van der Waals surface area (Å²) in [6, 6.07) is 8.60. The number of hydrogen-bond acceptors (Lipinski definition) is 4. The van der Waals surface area contributed by atoms with Crippen molar-refractivity contribution in [3.63, 3.8) is 0 Å². The Morgan fingerprint density at radius 3 is 2.78 bits per heavy atom. The molecule has 0 radical (unpaired) electrons. The molecule has 0 aliphatic rings. The van der Waals surface area contributed by atoms with Crippen LogP contribution in [0.3, 0.4) is 0 Å². The minimum absolute atomic E-state index is 0.274. The number of aromatic nitrogens is 1. The number of benzene rings is 1. The van der Waals surface area contributed by atoms with Crippen LogP contribution in [0, 0.1) is 0 Å². The fourth-order valence-corrected chi connectivity index (χ4v) is 2.82. The van der Waals surface area contributed by atoms with Gasteiger partial charge in [0.1, 0.15) is 0 Å². The molecule has 0 aliphatic heterocycles. The summed E-state index contributed by atoms with van der Waals surface area (Å²) in [4.78, 5) is 4.65. The summed E-state index contributed by atoms with van der Waals surface area (Å²) in [5, 5.41) is 4.46. The Kier molecular flexibility index (Phi) is 4.69. The summed E-state index contributed by atoms with van der Waals surface area (Å²) in [5.41, 5.74) is 1.09. The van der Waals surface area contributed by atoms with Gasteiger partial charge < -0.3 is 10.1 Å². The normalized spacial score (nSPS) is 13.3. The van der Waals surface area contributed by atoms with Gasteiger partial charge in [-0.25, -0.2) is 4.98 Å². The van der Waals surface area contributed by atoms with Crippen molar-refractivity contribution in [3.8, 4) is 0 Å². The number of ether oxygens (including phenoxy) is 1. The van der Waals surface area contributed by atoms with Gasteiger partial charge in [-0.2, -0.15) is 0 Å². The third-order valence-electron chi connectivity index (χ3n) is 2.80. The van der Waals surface area contributed by atoms with Crippen molar-refractivity contribution in [3.05, 3.63) is 29.3 Å². The molecule has 1 aromatic heterocycles. The number of hydrogen-bond donors (Lipinski definition) is 1. The van der Waals surface area contributed by atoms with Crippen molar-refractivity contribution in [2.45, 2.75) is 32.4 Å². The lowest BCUT2D eigenvalue weighted by molar-refractivity contribution is 0.0628. The van der Waals surface area contributed by atoms with Crippen LogP contribution in [0.5, 0.6) is 0 Å². The molecule has 4 heteroatoms. The zero-order valence-electron chi connectivity index (χ0n) is 11.1. The van der Waals surface area contributed by atoms with E-state index in [0.29, 0.717) is 6.04 Å². The van der Waals surface area contributed by atoms with Crippen molar-refractivity contribution in [2.75, 3.05) is 13.7 Å². The van der Waals surface area contributed by atoms with Gasteiger partial charge in [0.05, 0.1) is 27.9 Å². The minimum Gasteiger partial charge on any atom is -0.377 e. The second-order valence-electron chi connectivity index (χ2n) is 4.65. The zero-order chi connectivity index (χ0) is 13.0. The van der Waals surface area contributed by atoms with E-state index in [1.165, 1.54) is 9.71 Å². The molecule has 0 bridgehead atoms. The standard InChI is InChI=1S/C14H20N2OS/c1-10(2)17-9-11(15-3)8-14-16-12-6-4-5-7-13(12)18-14/h4-7,10-11,15H,8-9H2,1-3H3. The van der Waals surface area contributed by atoms with E-state index in [0.717, 1.165) is 18.5 Å². The molecule has 1 heterocycles. The Balaban J connectivity index is 2.02. The Morgan fingerprint density at radius 1 is 1.33 bits per heavy atom. The predicted molar refractivity (Wildman–Crippen MR) is 77.3 cm³/mol. The van der Waals surface area contributed by atoms with Crippen molar-refractivity contribution >= 4 is 21.6 Å². The van der Waals surface area contributed by atoms with Crippen LogP contribution in [0.25, 0.3) is 10.2 Å². The second kappa shape index (κ2) is 6.27. The molecule has 1 atom stereocenters. The van der Waals surface area contributed by atoms with Crippen LogP contribution in [0.15, 0.2) is 24.3 Å². The molecule has 1 N–H and O–H groups in total. The fraction of sp³-hybridized carbons (Fsp3) is 0.500. The Labute approximate surface area is 112 Å². The molecule has 1 aromatic carbocycles. The third kappa shape index (κ3) is 3.51. The van der Waals surface area contributed by atoms with E-state index < -0.39 is 0 Å². The van der Waals surface area contributed by atoms with Crippen LogP contribution in [0.1, 0.15) is 18.9 Å². The molecule has 0 fully saturated rings. The van der Waals surface area contributed by atoms with E-state index in [4.69, 9.17) is 4.74 Å². The molecule has 0 saturated heterocycles.